The summed E-state index contributed by atoms with van der Waals surface area (Å²) < 4.78 is 1.67. The van der Waals surface area contributed by atoms with Crippen LogP contribution in [-0.4, -0.2) is 35.0 Å². The molecular weight excluding hydrogens is 528 g/mol. The lowest BCUT2D eigenvalue weighted by Crippen LogP contribution is -2.61. The van der Waals surface area contributed by atoms with Crippen LogP contribution < -0.4 is 10.5 Å². The number of hydrogen-bond acceptors (Lipinski definition) is 4. The third kappa shape index (κ3) is 3.61. The van der Waals surface area contributed by atoms with Gasteiger partial charge in [0.15, 0.2) is 5.54 Å². The number of aliphatic carboxylic acids is 1. The summed E-state index contributed by atoms with van der Waals surface area (Å²) in [6.45, 7) is 0. The van der Waals surface area contributed by atoms with E-state index in [4.69, 9.17) is 11.6 Å². The maximum absolute atomic E-state index is 14.4. The van der Waals surface area contributed by atoms with E-state index in [9.17, 15) is 14.7 Å². The molecule has 0 saturated heterocycles. The normalized spacial score (nSPS) is 23.3. The Morgan fingerprint density at radius 3 is 2.56 bits per heavy atom. The first-order valence-corrected chi connectivity index (χ1v) is 14.7. The molecule has 2 unspecified atom stereocenters. The van der Waals surface area contributed by atoms with Crippen molar-refractivity contribution < 1.29 is 9.90 Å². The molecule has 1 aliphatic heterocycles. The van der Waals surface area contributed by atoms with Gasteiger partial charge in [0, 0.05) is 31.5 Å². The molecule has 4 aromatic rings. The van der Waals surface area contributed by atoms with Crippen LogP contribution in [0.15, 0.2) is 76.6 Å². The Morgan fingerprint density at radius 1 is 1.10 bits per heavy atom. The number of carbonyl (C=O) groups is 1. The molecule has 3 aliphatic rings. The lowest BCUT2D eigenvalue weighted by atomic mass is 9.64. The van der Waals surface area contributed by atoms with Crippen LogP contribution in [-0.2, 0) is 16.8 Å². The Bertz CT molecular complexity index is 1720. The second kappa shape index (κ2) is 8.90. The Hall–Kier alpha value is -3.22. The lowest BCUT2D eigenvalue weighted by molar-refractivity contribution is -0.153. The zero-order chi connectivity index (χ0) is 27.1. The minimum Gasteiger partial charge on any atom is -0.479 e. The molecule has 2 saturated carbocycles. The fraction of sp³-hybridized carbons (Fsp3) is 0.312. The number of anilines is 1. The predicted octanol–water partition coefficient (Wildman–Crippen LogP) is 6.63. The highest BCUT2D eigenvalue weighted by molar-refractivity contribution is 8.00. The molecule has 39 heavy (non-hydrogen) atoms. The molecule has 0 radical (unpaired) electrons. The van der Waals surface area contributed by atoms with Crippen molar-refractivity contribution in [3.63, 3.8) is 0 Å². The quantitative estimate of drug-likeness (QED) is 0.289. The molecule has 7 heteroatoms. The van der Waals surface area contributed by atoms with Crippen molar-refractivity contribution in [3.05, 3.63) is 104 Å². The van der Waals surface area contributed by atoms with Crippen molar-refractivity contribution in [2.45, 2.75) is 53.3 Å². The molecule has 2 heterocycles. The van der Waals surface area contributed by atoms with E-state index in [1.165, 1.54) is 21.9 Å². The number of fused-ring (bicyclic) bond motifs is 4. The van der Waals surface area contributed by atoms with Gasteiger partial charge in [-0.2, -0.15) is 0 Å². The van der Waals surface area contributed by atoms with Gasteiger partial charge in [0.2, 0.25) is 0 Å². The molecule has 1 aromatic heterocycles. The van der Waals surface area contributed by atoms with Gasteiger partial charge in [-0.1, -0.05) is 66.2 Å². The van der Waals surface area contributed by atoms with Crippen LogP contribution >= 0.6 is 23.4 Å². The van der Waals surface area contributed by atoms with Crippen LogP contribution in [0, 0.1) is 0 Å². The SMILES string of the molecule is CN(C)c1c(Cc2cccc3ccccc23)c(C2CC2)c2n(c1=O)C1(C(=O)O)C[C@H](c3cccc(Cl)c3)C1S2. The first kappa shape index (κ1) is 24.8. The molecule has 7 rings (SSSR count). The highest BCUT2D eigenvalue weighted by Gasteiger charge is 2.67. The summed E-state index contributed by atoms with van der Waals surface area (Å²) in [5, 5.41) is 14.3. The van der Waals surface area contributed by atoms with E-state index in [2.05, 4.69) is 36.4 Å². The third-order valence-electron chi connectivity index (χ3n) is 8.78. The number of benzene rings is 3. The van der Waals surface area contributed by atoms with Crippen molar-refractivity contribution in [1.82, 2.24) is 4.57 Å². The topological polar surface area (TPSA) is 62.5 Å². The molecule has 2 aliphatic carbocycles. The fourth-order valence-corrected chi connectivity index (χ4v) is 8.96. The lowest BCUT2D eigenvalue weighted by Gasteiger charge is -2.48. The van der Waals surface area contributed by atoms with Crippen LogP contribution in [0.3, 0.4) is 0 Å². The molecule has 3 aromatic carbocycles. The number of hydrogen-bond donors (Lipinski definition) is 1. The molecule has 0 amide bonds. The van der Waals surface area contributed by atoms with Gasteiger partial charge in [-0.3, -0.25) is 9.36 Å². The van der Waals surface area contributed by atoms with Crippen LogP contribution in [0.25, 0.3) is 10.8 Å². The summed E-state index contributed by atoms with van der Waals surface area (Å²) in [7, 11) is 3.80. The van der Waals surface area contributed by atoms with Crippen molar-refractivity contribution in [3.8, 4) is 0 Å². The van der Waals surface area contributed by atoms with Gasteiger partial charge in [0.1, 0.15) is 5.69 Å². The number of pyridine rings is 1. The average molecular weight is 557 g/mol. The van der Waals surface area contributed by atoms with Crippen molar-refractivity contribution in [1.29, 1.82) is 0 Å². The van der Waals surface area contributed by atoms with Crippen molar-refractivity contribution in [2.24, 2.45) is 0 Å². The van der Waals surface area contributed by atoms with Gasteiger partial charge < -0.3 is 10.0 Å². The Labute approximate surface area is 236 Å². The Morgan fingerprint density at radius 2 is 1.85 bits per heavy atom. The minimum absolute atomic E-state index is 0.0143. The van der Waals surface area contributed by atoms with E-state index >= 15 is 0 Å². The molecule has 198 valence electrons. The smallest absolute Gasteiger partial charge is 0.331 e. The number of carboxylic acids is 1. The maximum Gasteiger partial charge on any atom is 0.331 e. The molecular formula is C32H29ClN2O3S. The zero-order valence-corrected chi connectivity index (χ0v) is 23.4. The second-order valence-electron chi connectivity index (χ2n) is 11.3. The number of aromatic nitrogens is 1. The zero-order valence-electron chi connectivity index (χ0n) is 21.9. The molecule has 1 N–H and O–H groups in total. The van der Waals surface area contributed by atoms with Crippen LogP contribution in [0.2, 0.25) is 5.02 Å². The molecule has 0 bridgehead atoms. The number of halogens is 1. The van der Waals surface area contributed by atoms with Gasteiger partial charge >= 0.3 is 5.97 Å². The summed E-state index contributed by atoms with van der Waals surface area (Å²) in [5.41, 5.74) is 3.60. The summed E-state index contributed by atoms with van der Waals surface area (Å²) >= 11 is 7.91. The van der Waals surface area contributed by atoms with E-state index < -0.39 is 11.5 Å². The first-order valence-electron chi connectivity index (χ1n) is 13.4. The van der Waals surface area contributed by atoms with Gasteiger partial charge in [0.05, 0.1) is 10.3 Å². The maximum atomic E-state index is 14.4. The highest BCUT2D eigenvalue weighted by Crippen LogP contribution is 2.64. The van der Waals surface area contributed by atoms with Crippen LogP contribution in [0.5, 0.6) is 0 Å². The summed E-state index contributed by atoms with van der Waals surface area (Å²) in [6, 6.07) is 22.4. The Balaban J connectivity index is 1.44. The number of rotatable bonds is 6. The van der Waals surface area contributed by atoms with E-state index in [0.717, 1.165) is 29.0 Å². The number of carboxylic acid groups (broad SMARTS) is 1. The van der Waals surface area contributed by atoms with Crippen molar-refractivity contribution in [2.75, 3.05) is 19.0 Å². The molecule has 0 spiro atoms. The standard InChI is InChI=1S/C32H29ClN2O3S/c1-34(2)27-24(16-21-9-5-8-18-7-3-4-12-23(18)21)26(19-13-14-19)30-35(29(27)36)32(31(37)38)17-25(28(32)39-30)20-10-6-11-22(33)15-20/h3-12,15,19,25,28H,13-14,16-17H2,1-2H3,(H,37,38)/t25-,28?,32?/m1/s1. The van der Waals surface area contributed by atoms with Crippen LogP contribution in [0.4, 0.5) is 5.69 Å². The minimum atomic E-state index is -1.25. The fourth-order valence-electron chi connectivity index (χ4n) is 6.84. The number of nitrogens with zero attached hydrogens (tertiary/aromatic N) is 2. The first-order chi connectivity index (χ1) is 18.8. The van der Waals surface area contributed by atoms with E-state index in [1.807, 2.05) is 49.3 Å². The highest BCUT2D eigenvalue weighted by atomic mass is 35.5. The average Bonchev–Trinajstić information content (AvgIpc) is 3.69. The van der Waals surface area contributed by atoms with Crippen molar-refractivity contribution >= 4 is 45.8 Å². The van der Waals surface area contributed by atoms with E-state index in [-0.39, 0.29) is 16.7 Å². The summed E-state index contributed by atoms with van der Waals surface area (Å²) in [6.07, 6.45) is 3.13. The van der Waals surface area contributed by atoms with Crippen LogP contribution in [0.1, 0.15) is 53.4 Å². The Kier molecular flexibility index (Phi) is 5.66. The van der Waals surface area contributed by atoms with Gasteiger partial charge in [-0.25, -0.2) is 4.79 Å². The third-order valence-corrected chi connectivity index (χ3v) is 10.6. The molecule has 5 nitrogen and oxygen atoms in total. The predicted molar refractivity (Wildman–Crippen MR) is 158 cm³/mol. The van der Waals surface area contributed by atoms with Gasteiger partial charge in [-0.05, 0) is 70.3 Å². The van der Waals surface area contributed by atoms with Gasteiger partial charge in [0.25, 0.3) is 5.56 Å². The number of thioether (sulfide) groups is 1. The molecule has 3 atom stereocenters. The second-order valence-corrected chi connectivity index (χ2v) is 12.9. The summed E-state index contributed by atoms with van der Waals surface area (Å²) in [4.78, 5) is 29.3. The van der Waals surface area contributed by atoms with E-state index in [1.54, 1.807) is 16.3 Å². The summed E-state index contributed by atoms with van der Waals surface area (Å²) in [5.74, 6) is -0.566. The molecule has 2 fully saturated rings. The monoisotopic (exact) mass is 556 g/mol. The largest absolute Gasteiger partial charge is 0.479 e. The van der Waals surface area contributed by atoms with Gasteiger partial charge in [-0.15, -0.1) is 11.8 Å². The van der Waals surface area contributed by atoms with E-state index in [0.29, 0.717) is 29.5 Å².